The van der Waals surface area contributed by atoms with E-state index in [1.54, 1.807) is 0 Å². The topological polar surface area (TPSA) is 37.0 Å². The Morgan fingerprint density at radius 2 is 2.33 bits per heavy atom. The van der Waals surface area contributed by atoms with Gasteiger partial charge in [0.05, 0.1) is 0 Å². The first-order chi connectivity index (χ1) is 7.36. The lowest BCUT2D eigenvalue weighted by Gasteiger charge is -2.17. The van der Waals surface area contributed by atoms with E-state index in [2.05, 4.69) is 34.7 Å². The highest BCUT2D eigenvalue weighted by atomic mass is 15.0. The lowest BCUT2D eigenvalue weighted by Crippen LogP contribution is -2.35. The zero-order valence-corrected chi connectivity index (χ0v) is 9.24. The molecule has 2 N–H and O–H groups in total. The van der Waals surface area contributed by atoms with E-state index in [9.17, 15) is 0 Å². The Bertz CT molecular complexity index is 280. The van der Waals surface area contributed by atoms with Crippen LogP contribution in [-0.4, -0.2) is 24.1 Å². The molecule has 3 nitrogen and oxygen atoms in total. The van der Waals surface area contributed by atoms with Crippen molar-refractivity contribution in [2.24, 2.45) is 0 Å². The van der Waals surface area contributed by atoms with E-state index in [1.165, 1.54) is 24.9 Å². The summed E-state index contributed by atoms with van der Waals surface area (Å²) < 4.78 is 0. The third-order valence-electron chi connectivity index (χ3n) is 3.04. The number of rotatable bonds is 4. The van der Waals surface area contributed by atoms with E-state index in [1.807, 2.05) is 12.4 Å². The van der Waals surface area contributed by atoms with Gasteiger partial charge in [-0.2, -0.15) is 0 Å². The lowest BCUT2D eigenvalue weighted by atomic mass is 10.1. The highest BCUT2D eigenvalue weighted by Gasteiger charge is 2.14. The van der Waals surface area contributed by atoms with Crippen molar-refractivity contribution in [3.05, 3.63) is 30.1 Å². The van der Waals surface area contributed by atoms with Gasteiger partial charge in [-0.1, -0.05) is 0 Å². The minimum atomic E-state index is 0.412. The number of nitrogens with zero attached hydrogens (tertiary/aromatic N) is 1. The first kappa shape index (κ1) is 10.6. The molecule has 0 aromatic carbocycles. The number of hydrogen-bond donors (Lipinski definition) is 2. The van der Waals surface area contributed by atoms with Crippen LogP contribution in [0, 0.1) is 0 Å². The molecule has 1 aromatic heterocycles. The molecule has 2 heterocycles. The van der Waals surface area contributed by atoms with E-state index >= 15 is 0 Å². The zero-order chi connectivity index (χ0) is 10.5. The van der Waals surface area contributed by atoms with Crippen LogP contribution >= 0.6 is 0 Å². The van der Waals surface area contributed by atoms with Crippen LogP contribution < -0.4 is 10.6 Å². The summed E-state index contributed by atoms with van der Waals surface area (Å²) in [5.41, 5.74) is 1.31. The molecule has 2 atom stereocenters. The van der Waals surface area contributed by atoms with Crippen LogP contribution in [0.4, 0.5) is 0 Å². The largest absolute Gasteiger partial charge is 0.313 e. The highest BCUT2D eigenvalue weighted by Crippen LogP contribution is 2.11. The van der Waals surface area contributed by atoms with Gasteiger partial charge < -0.3 is 10.6 Å². The SMILES string of the molecule is C[C@H](NCC1CCCN1)c1ccncc1. The summed E-state index contributed by atoms with van der Waals surface area (Å²) in [7, 11) is 0. The van der Waals surface area contributed by atoms with Crippen LogP contribution in [0.1, 0.15) is 31.4 Å². The molecular formula is C12H19N3. The van der Waals surface area contributed by atoms with Crippen molar-refractivity contribution < 1.29 is 0 Å². The maximum Gasteiger partial charge on any atom is 0.0293 e. The fourth-order valence-corrected chi connectivity index (χ4v) is 2.02. The molecule has 1 aliphatic rings. The maximum absolute atomic E-state index is 4.03. The zero-order valence-electron chi connectivity index (χ0n) is 9.24. The van der Waals surface area contributed by atoms with Gasteiger partial charge in [0, 0.05) is 31.0 Å². The smallest absolute Gasteiger partial charge is 0.0293 e. The van der Waals surface area contributed by atoms with Crippen molar-refractivity contribution in [2.45, 2.75) is 31.8 Å². The van der Waals surface area contributed by atoms with Crippen molar-refractivity contribution in [3.8, 4) is 0 Å². The Hall–Kier alpha value is -0.930. The molecule has 1 fully saturated rings. The first-order valence-electron chi connectivity index (χ1n) is 5.73. The number of aromatic nitrogens is 1. The highest BCUT2D eigenvalue weighted by molar-refractivity contribution is 5.13. The third-order valence-corrected chi connectivity index (χ3v) is 3.04. The second-order valence-corrected chi connectivity index (χ2v) is 4.20. The molecule has 1 unspecified atom stereocenters. The Morgan fingerprint density at radius 3 is 3.00 bits per heavy atom. The second-order valence-electron chi connectivity index (χ2n) is 4.20. The summed E-state index contributed by atoms with van der Waals surface area (Å²) in [6.07, 6.45) is 6.31. The van der Waals surface area contributed by atoms with Crippen molar-refractivity contribution in [1.29, 1.82) is 0 Å². The summed E-state index contributed by atoms with van der Waals surface area (Å²) in [6, 6.07) is 5.21. The fraction of sp³-hybridized carbons (Fsp3) is 0.583. The van der Waals surface area contributed by atoms with Crippen LogP contribution in [0.15, 0.2) is 24.5 Å². The predicted molar refractivity (Wildman–Crippen MR) is 61.7 cm³/mol. The van der Waals surface area contributed by atoms with Gasteiger partial charge in [-0.25, -0.2) is 0 Å². The molecule has 2 rings (SSSR count). The van der Waals surface area contributed by atoms with Crippen LogP contribution in [-0.2, 0) is 0 Å². The van der Waals surface area contributed by atoms with Gasteiger partial charge in [-0.3, -0.25) is 4.98 Å². The van der Waals surface area contributed by atoms with Crippen LogP contribution in [0.2, 0.25) is 0 Å². The molecular weight excluding hydrogens is 186 g/mol. The van der Waals surface area contributed by atoms with Crippen molar-refractivity contribution in [3.63, 3.8) is 0 Å². The summed E-state index contributed by atoms with van der Waals surface area (Å²) in [5.74, 6) is 0. The molecule has 0 spiro atoms. The van der Waals surface area contributed by atoms with Gasteiger partial charge in [0.1, 0.15) is 0 Å². The fourth-order valence-electron chi connectivity index (χ4n) is 2.02. The van der Waals surface area contributed by atoms with Crippen molar-refractivity contribution >= 4 is 0 Å². The summed E-state index contributed by atoms with van der Waals surface area (Å²) in [5, 5.41) is 7.04. The second kappa shape index (κ2) is 5.24. The molecule has 0 saturated carbocycles. The molecule has 0 amide bonds. The van der Waals surface area contributed by atoms with E-state index < -0.39 is 0 Å². The van der Waals surface area contributed by atoms with Crippen molar-refractivity contribution in [2.75, 3.05) is 13.1 Å². The Morgan fingerprint density at radius 1 is 1.53 bits per heavy atom. The van der Waals surface area contributed by atoms with Crippen LogP contribution in [0.3, 0.4) is 0 Å². The number of hydrogen-bond acceptors (Lipinski definition) is 3. The average Bonchev–Trinajstić information content (AvgIpc) is 2.80. The quantitative estimate of drug-likeness (QED) is 0.782. The minimum absolute atomic E-state index is 0.412. The van der Waals surface area contributed by atoms with E-state index in [0.717, 1.165) is 6.54 Å². The number of nitrogens with one attached hydrogen (secondary N) is 2. The van der Waals surface area contributed by atoms with Gasteiger partial charge in [-0.15, -0.1) is 0 Å². The van der Waals surface area contributed by atoms with E-state index in [4.69, 9.17) is 0 Å². The van der Waals surface area contributed by atoms with Gasteiger partial charge in [-0.05, 0) is 44.0 Å². The van der Waals surface area contributed by atoms with Gasteiger partial charge in [0.2, 0.25) is 0 Å². The Labute approximate surface area is 91.3 Å². The van der Waals surface area contributed by atoms with Gasteiger partial charge in [0.25, 0.3) is 0 Å². The molecule has 0 aliphatic carbocycles. The molecule has 1 saturated heterocycles. The summed E-state index contributed by atoms with van der Waals surface area (Å²) >= 11 is 0. The summed E-state index contributed by atoms with van der Waals surface area (Å²) in [4.78, 5) is 4.03. The molecule has 3 heteroatoms. The standard InChI is InChI=1S/C12H19N3/c1-10(11-4-7-13-8-5-11)15-9-12-3-2-6-14-12/h4-5,7-8,10,12,14-15H,2-3,6,9H2,1H3/t10-,12?/m0/s1. The summed E-state index contributed by atoms with van der Waals surface area (Å²) in [6.45, 7) is 4.43. The average molecular weight is 205 g/mol. The van der Waals surface area contributed by atoms with Crippen molar-refractivity contribution in [1.82, 2.24) is 15.6 Å². The Balaban J connectivity index is 1.79. The maximum atomic E-state index is 4.03. The minimum Gasteiger partial charge on any atom is -0.313 e. The first-order valence-corrected chi connectivity index (χ1v) is 5.73. The normalized spacial score (nSPS) is 22.9. The monoisotopic (exact) mass is 205 g/mol. The number of pyridine rings is 1. The molecule has 82 valence electrons. The van der Waals surface area contributed by atoms with Gasteiger partial charge in [0.15, 0.2) is 0 Å². The molecule has 0 bridgehead atoms. The molecule has 0 radical (unpaired) electrons. The Kier molecular flexibility index (Phi) is 3.69. The van der Waals surface area contributed by atoms with Crippen LogP contribution in [0.5, 0.6) is 0 Å². The molecule has 1 aliphatic heterocycles. The van der Waals surface area contributed by atoms with E-state index in [-0.39, 0.29) is 0 Å². The van der Waals surface area contributed by atoms with Gasteiger partial charge >= 0.3 is 0 Å². The van der Waals surface area contributed by atoms with Crippen LogP contribution in [0.25, 0.3) is 0 Å². The molecule has 15 heavy (non-hydrogen) atoms. The van der Waals surface area contributed by atoms with E-state index in [0.29, 0.717) is 12.1 Å². The predicted octanol–water partition coefficient (Wildman–Crippen LogP) is 1.48. The molecule has 1 aromatic rings. The lowest BCUT2D eigenvalue weighted by molar-refractivity contribution is 0.489. The third kappa shape index (κ3) is 3.01.